The number of hydrogen-bond acceptors (Lipinski definition) is 5. The van der Waals surface area contributed by atoms with Crippen molar-refractivity contribution in [2.24, 2.45) is 5.10 Å². The van der Waals surface area contributed by atoms with E-state index in [0.29, 0.717) is 18.1 Å². The Balaban J connectivity index is 1.66. The summed E-state index contributed by atoms with van der Waals surface area (Å²) in [5.41, 5.74) is 4.22. The summed E-state index contributed by atoms with van der Waals surface area (Å²) in [6, 6.07) is 18.5. The summed E-state index contributed by atoms with van der Waals surface area (Å²) in [5.74, 6) is 0.999. The van der Waals surface area contributed by atoms with Gasteiger partial charge >= 0.3 is 5.91 Å². The van der Waals surface area contributed by atoms with Crippen molar-refractivity contribution in [3.63, 3.8) is 0 Å². The van der Waals surface area contributed by atoms with E-state index in [-0.39, 0.29) is 5.76 Å². The number of methoxy groups -OCH3 is 1. The first kappa shape index (κ1) is 17.3. The van der Waals surface area contributed by atoms with E-state index in [1.165, 1.54) is 12.5 Å². The van der Waals surface area contributed by atoms with Crippen LogP contribution in [0.4, 0.5) is 0 Å². The molecule has 132 valence electrons. The zero-order chi connectivity index (χ0) is 18.2. The smallest absolute Gasteiger partial charge is 0.307 e. The van der Waals surface area contributed by atoms with Crippen LogP contribution in [-0.4, -0.2) is 19.2 Å². The third-order valence-electron chi connectivity index (χ3n) is 3.55. The van der Waals surface area contributed by atoms with Crippen LogP contribution in [-0.2, 0) is 6.61 Å². The fourth-order valence-electron chi connectivity index (χ4n) is 2.25. The minimum atomic E-state index is -0.416. The lowest BCUT2D eigenvalue weighted by molar-refractivity contribution is 0.0927. The van der Waals surface area contributed by atoms with Gasteiger partial charge in [-0.15, -0.1) is 0 Å². The number of nitrogens with zero attached hydrogens (tertiary/aromatic N) is 1. The van der Waals surface area contributed by atoms with E-state index in [0.717, 1.165) is 11.1 Å². The van der Waals surface area contributed by atoms with Crippen LogP contribution in [0.1, 0.15) is 21.7 Å². The average Bonchev–Trinajstić information content (AvgIpc) is 3.22. The molecule has 1 heterocycles. The largest absolute Gasteiger partial charge is 0.493 e. The summed E-state index contributed by atoms with van der Waals surface area (Å²) in [5, 5.41) is 3.93. The molecule has 0 aliphatic rings. The quantitative estimate of drug-likeness (QED) is 0.522. The van der Waals surface area contributed by atoms with Crippen LogP contribution in [0.15, 0.2) is 76.4 Å². The van der Waals surface area contributed by atoms with Crippen LogP contribution in [0, 0.1) is 0 Å². The lowest BCUT2D eigenvalue weighted by Crippen LogP contribution is -2.16. The molecule has 0 saturated heterocycles. The molecule has 1 amide bonds. The van der Waals surface area contributed by atoms with Crippen molar-refractivity contribution in [2.45, 2.75) is 6.61 Å². The summed E-state index contributed by atoms with van der Waals surface area (Å²) in [4.78, 5) is 11.8. The third kappa shape index (κ3) is 4.51. The van der Waals surface area contributed by atoms with Crippen LogP contribution in [0.25, 0.3) is 0 Å². The summed E-state index contributed by atoms with van der Waals surface area (Å²) in [6.45, 7) is 0.424. The maximum Gasteiger partial charge on any atom is 0.307 e. The molecule has 0 spiro atoms. The number of carbonyl (C=O) groups is 1. The molecular weight excluding hydrogens is 332 g/mol. The first-order chi connectivity index (χ1) is 12.8. The molecule has 6 nitrogen and oxygen atoms in total. The lowest BCUT2D eigenvalue weighted by atomic mass is 10.2. The van der Waals surface area contributed by atoms with Crippen molar-refractivity contribution in [1.29, 1.82) is 0 Å². The molecule has 0 fully saturated rings. The SMILES string of the molecule is COc1ccc(/C=N\NC(=O)c2ccco2)cc1OCc1ccccc1. The molecule has 6 heteroatoms. The summed E-state index contributed by atoms with van der Waals surface area (Å²) in [7, 11) is 1.59. The van der Waals surface area contributed by atoms with Gasteiger partial charge < -0.3 is 13.9 Å². The predicted molar refractivity (Wildman–Crippen MR) is 97.5 cm³/mol. The molecule has 0 atom stereocenters. The highest BCUT2D eigenvalue weighted by molar-refractivity contribution is 5.92. The van der Waals surface area contributed by atoms with Gasteiger partial charge in [0.05, 0.1) is 19.6 Å². The molecule has 0 unspecified atom stereocenters. The third-order valence-corrected chi connectivity index (χ3v) is 3.55. The van der Waals surface area contributed by atoms with Crippen LogP contribution in [0.2, 0.25) is 0 Å². The van der Waals surface area contributed by atoms with E-state index in [1.54, 1.807) is 31.4 Å². The van der Waals surface area contributed by atoms with Crippen LogP contribution in [0.5, 0.6) is 11.5 Å². The van der Waals surface area contributed by atoms with Gasteiger partial charge in [0.1, 0.15) is 6.61 Å². The second-order valence-corrected chi connectivity index (χ2v) is 5.36. The zero-order valence-electron chi connectivity index (χ0n) is 14.2. The number of rotatable bonds is 7. The summed E-state index contributed by atoms with van der Waals surface area (Å²) in [6.07, 6.45) is 2.95. The normalized spacial score (nSPS) is 10.7. The average molecular weight is 350 g/mol. The summed E-state index contributed by atoms with van der Waals surface area (Å²) >= 11 is 0. The Labute approximate surface area is 151 Å². The first-order valence-electron chi connectivity index (χ1n) is 7.98. The number of ether oxygens (including phenoxy) is 2. The number of carbonyl (C=O) groups excluding carboxylic acids is 1. The highest BCUT2D eigenvalue weighted by atomic mass is 16.5. The van der Waals surface area contributed by atoms with Crippen molar-refractivity contribution in [1.82, 2.24) is 5.43 Å². The van der Waals surface area contributed by atoms with Gasteiger partial charge in [0.15, 0.2) is 17.3 Å². The molecule has 0 saturated carbocycles. The standard InChI is InChI=1S/C20H18N2O4/c1-24-17-10-9-16(13-21-22-20(23)18-8-5-11-25-18)12-19(17)26-14-15-6-3-2-4-7-15/h2-13H,14H2,1H3,(H,22,23)/b21-13-. The number of amides is 1. The van der Waals surface area contributed by atoms with Crippen molar-refractivity contribution >= 4 is 12.1 Å². The van der Waals surface area contributed by atoms with Gasteiger partial charge in [0.2, 0.25) is 0 Å². The van der Waals surface area contributed by atoms with Gasteiger partial charge in [0, 0.05) is 0 Å². The molecule has 0 aliphatic carbocycles. The Morgan fingerprint density at radius 3 is 2.69 bits per heavy atom. The molecule has 3 rings (SSSR count). The Morgan fingerprint density at radius 2 is 1.96 bits per heavy atom. The van der Waals surface area contributed by atoms with Gasteiger partial charge in [-0.1, -0.05) is 30.3 Å². The highest BCUT2D eigenvalue weighted by Gasteiger charge is 2.07. The fraction of sp³-hybridized carbons (Fsp3) is 0.100. The number of hydrogen-bond donors (Lipinski definition) is 1. The monoisotopic (exact) mass is 350 g/mol. The molecule has 0 bridgehead atoms. The van der Waals surface area contributed by atoms with E-state index in [1.807, 2.05) is 36.4 Å². The Hall–Kier alpha value is -3.54. The number of furan rings is 1. The molecular formula is C20H18N2O4. The Morgan fingerprint density at radius 1 is 1.12 bits per heavy atom. The van der Waals surface area contributed by atoms with Gasteiger partial charge in [-0.2, -0.15) is 5.10 Å². The van der Waals surface area contributed by atoms with E-state index >= 15 is 0 Å². The topological polar surface area (TPSA) is 73.1 Å². The number of hydrazone groups is 1. The maximum atomic E-state index is 11.8. The van der Waals surface area contributed by atoms with Crippen molar-refractivity contribution in [3.05, 3.63) is 83.8 Å². The molecule has 0 radical (unpaired) electrons. The second kappa shape index (κ2) is 8.53. The maximum absolute atomic E-state index is 11.8. The summed E-state index contributed by atoms with van der Waals surface area (Å²) < 4.78 is 16.2. The van der Waals surface area contributed by atoms with Gasteiger partial charge in [-0.05, 0) is 41.5 Å². The van der Waals surface area contributed by atoms with Gasteiger partial charge in [-0.25, -0.2) is 5.43 Å². The molecule has 1 aromatic heterocycles. The second-order valence-electron chi connectivity index (χ2n) is 5.36. The predicted octanol–water partition coefficient (Wildman–Crippen LogP) is 3.63. The Bertz CT molecular complexity index is 874. The molecule has 26 heavy (non-hydrogen) atoms. The van der Waals surface area contributed by atoms with Crippen LogP contribution >= 0.6 is 0 Å². The molecule has 3 aromatic rings. The first-order valence-corrected chi connectivity index (χ1v) is 7.98. The van der Waals surface area contributed by atoms with Crippen molar-refractivity contribution in [3.8, 4) is 11.5 Å². The minimum Gasteiger partial charge on any atom is -0.493 e. The number of benzene rings is 2. The molecule has 0 aliphatic heterocycles. The van der Waals surface area contributed by atoms with Crippen LogP contribution < -0.4 is 14.9 Å². The van der Waals surface area contributed by atoms with Gasteiger partial charge in [0.25, 0.3) is 0 Å². The zero-order valence-corrected chi connectivity index (χ0v) is 14.2. The number of nitrogens with one attached hydrogen (secondary N) is 1. The van der Waals surface area contributed by atoms with Crippen molar-refractivity contribution < 1.29 is 18.7 Å². The fourth-order valence-corrected chi connectivity index (χ4v) is 2.25. The van der Waals surface area contributed by atoms with E-state index in [4.69, 9.17) is 13.9 Å². The molecule has 1 N–H and O–H groups in total. The van der Waals surface area contributed by atoms with Gasteiger partial charge in [-0.3, -0.25) is 4.79 Å². The lowest BCUT2D eigenvalue weighted by Gasteiger charge is -2.11. The van der Waals surface area contributed by atoms with Crippen molar-refractivity contribution in [2.75, 3.05) is 7.11 Å². The van der Waals surface area contributed by atoms with Crippen LogP contribution in [0.3, 0.4) is 0 Å². The van der Waals surface area contributed by atoms with E-state index < -0.39 is 5.91 Å². The highest BCUT2D eigenvalue weighted by Crippen LogP contribution is 2.28. The minimum absolute atomic E-state index is 0.198. The molecule has 2 aromatic carbocycles. The van der Waals surface area contributed by atoms with E-state index in [2.05, 4.69) is 10.5 Å². The van der Waals surface area contributed by atoms with E-state index in [9.17, 15) is 4.79 Å². The Kier molecular flexibility index (Phi) is 5.67.